The van der Waals surface area contributed by atoms with Crippen LogP contribution < -0.4 is 15.4 Å². The number of rotatable bonds is 7. The SMILES string of the molecule is CCNC(=NCc1nc(-c2ccc(OC)cc2)n[nH]1)NCC(=O)N(C)C. The number of hydrogen-bond donors (Lipinski definition) is 3. The molecule has 0 aliphatic heterocycles. The fourth-order valence-electron chi connectivity index (χ4n) is 2.05. The van der Waals surface area contributed by atoms with Crippen LogP contribution in [0, 0.1) is 0 Å². The third-order valence-electron chi connectivity index (χ3n) is 3.52. The second-order valence-electron chi connectivity index (χ2n) is 5.67. The van der Waals surface area contributed by atoms with Crippen LogP contribution in [0.25, 0.3) is 11.4 Å². The van der Waals surface area contributed by atoms with Gasteiger partial charge in [0.05, 0.1) is 13.7 Å². The number of hydrogen-bond acceptors (Lipinski definition) is 5. The highest BCUT2D eigenvalue weighted by Gasteiger charge is 2.08. The standard InChI is InChI=1S/C17H25N7O2/c1-5-18-17(20-11-15(25)24(2)3)19-10-14-21-16(23-22-14)12-6-8-13(26-4)9-7-12/h6-9H,5,10-11H2,1-4H3,(H2,18,19,20)(H,21,22,23). The van der Waals surface area contributed by atoms with E-state index in [1.54, 1.807) is 21.2 Å². The molecule has 0 saturated heterocycles. The molecule has 0 fully saturated rings. The summed E-state index contributed by atoms with van der Waals surface area (Å²) in [6, 6.07) is 7.51. The van der Waals surface area contributed by atoms with Gasteiger partial charge in [0.25, 0.3) is 0 Å². The Morgan fingerprint density at radius 3 is 2.62 bits per heavy atom. The van der Waals surface area contributed by atoms with Gasteiger partial charge in [0.1, 0.15) is 18.1 Å². The van der Waals surface area contributed by atoms with Crippen molar-refractivity contribution < 1.29 is 9.53 Å². The molecule has 0 aliphatic carbocycles. The molecular weight excluding hydrogens is 334 g/mol. The van der Waals surface area contributed by atoms with Gasteiger partial charge in [-0.15, -0.1) is 0 Å². The van der Waals surface area contributed by atoms with Crippen LogP contribution in [0.4, 0.5) is 0 Å². The largest absolute Gasteiger partial charge is 0.497 e. The molecule has 26 heavy (non-hydrogen) atoms. The normalized spacial score (nSPS) is 11.2. The zero-order valence-electron chi connectivity index (χ0n) is 15.5. The van der Waals surface area contributed by atoms with E-state index in [0.717, 1.165) is 11.3 Å². The zero-order chi connectivity index (χ0) is 18.9. The summed E-state index contributed by atoms with van der Waals surface area (Å²) in [6.45, 7) is 3.14. The van der Waals surface area contributed by atoms with Crippen molar-refractivity contribution in [2.24, 2.45) is 4.99 Å². The molecule has 1 aromatic carbocycles. The smallest absolute Gasteiger partial charge is 0.241 e. The van der Waals surface area contributed by atoms with Crippen molar-refractivity contribution in [2.75, 3.05) is 34.3 Å². The number of H-pyrrole nitrogens is 1. The molecular formula is C17H25N7O2. The highest BCUT2D eigenvalue weighted by atomic mass is 16.5. The van der Waals surface area contributed by atoms with Gasteiger partial charge in [-0.3, -0.25) is 9.89 Å². The maximum absolute atomic E-state index is 11.7. The third-order valence-corrected chi connectivity index (χ3v) is 3.52. The summed E-state index contributed by atoms with van der Waals surface area (Å²) in [5.74, 6) is 2.52. The lowest BCUT2D eigenvalue weighted by Crippen LogP contribution is -2.42. The molecule has 2 rings (SSSR count). The zero-order valence-corrected chi connectivity index (χ0v) is 15.5. The lowest BCUT2D eigenvalue weighted by molar-refractivity contribution is -0.127. The number of aromatic nitrogens is 3. The number of guanidine groups is 1. The number of methoxy groups -OCH3 is 1. The lowest BCUT2D eigenvalue weighted by Gasteiger charge is -2.13. The van der Waals surface area contributed by atoms with Crippen molar-refractivity contribution in [3.8, 4) is 17.1 Å². The maximum Gasteiger partial charge on any atom is 0.241 e. The van der Waals surface area contributed by atoms with Crippen molar-refractivity contribution in [3.05, 3.63) is 30.1 Å². The first-order valence-corrected chi connectivity index (χ1v) is 8.31. The van der Waals surface area contributed by atoms with Gasteiger partial charge in [-0.05, 0) is 31.2 Å². The van der Waals surface area contributed by atoms with E-state index in [1.165, 1.54) is 4.90 Å². The Labute approximate surface area is 152 Å². The number of ether oxygens (including phenoxy) is 1. The van der Waals surface area contributed by atoms with Gasteiger partial charge < -0.3 is 20.3 Å². The monoisotopic (exact) mass is 359 g/mol. The van der Waals surface area contributed by atoms with Crippen LogP contribution in [0.5, 0.6) is 5.75 Å². The van der Waals surface area contributed by atoms with E-state index in [4.69, 9.17) is 4.74 Å². The van der Waals surface area contributed by atoms with Crippen LogP contribution in [0.1, 0.15) is 12.7 Å². The van der Waals surface area contributed by atoms with Crippen LogP contribution >= 0.6 is 0 Å². The molecule has 9 heteroatoms. The third kappa shape index (κ3) is 5.47. The summed E-state index contributed by atoms with van der Waals surface area (Å²) in [5, 5.41) is 13.2. The fourth-order valence-corrected chi connectivity index (χ4v) is 2.05. The Morgan fingerprint density at radius 1 is 1.27 bits per heavy atom. The highest BCUT2D eigenvalue weighted by Crippen LogP contribution is 2.18. The molecule has 1 amide bonds. The van der Waals surface area contributed by atoms with E-state index in [-0.39, 0.29) is 12.5 Å². The fraction of sp³-hybridized carbons (Fsp3) is 0.412. The van der Waals surface area contributed by atoms with Gasteiger partial charge in [0, 0.05) is 26.2 Å². The van der Waals surface area contributed by atoms with E-state index in [0.29, 0.717) is 30.7 Å². The van der Waals surface area contributed by atoms with Crippen molar-refractivity contribution in [2.45, 2.75) is 13.5 Å². The Bertz CT molecular complexity index is 738. The average Bonchev–Trinajstić information content (AvgIpc) is 3.12. The van der Waals surface area contributed by atoms with Gasteiger partial charge in [0.15, 0.2) is 11.8 Å². The number of benzene rings is 1. The van der Waals surface area contributed by atoms with Gasteiger partial charge in [-0.2, -0.15) is 5.10 Å². The molecule has 9 nitrogen and oxygen atoms in total. The number of carbonyl (C=O) groups is 1. The van der Waals surface area contributed by atoms with Gasteiger partial charge in [-0.25, -0.2) is 9.98 Å². The Morgan fingerprint density at radius 2 is 2.00 bits per heavy atom. The number of carbonyl (C=O) groups excluding carboxylic acids is 1. The number of aromatic amines is 1. The molecule has 3 N–H and O–H groups in total. The molecule has 0 bridgehead atoms. The van der Waals surface area contributed by atoms with Crippen LogP contribution in [0.2, 0.25) is 0 Å². The van der Waals surface area contributed by atoms with Crippen molar-refractivity contribution in [1.82, 2.24) is 30.7 Å². The number of aliphatic imine (C=N–C) groups is 1. The molecule has 0 spiro atoms. The Balaban J connectivity index is 2.00. The predicted molar refractivity (Wildman–Crippen MR) is 99.9 cm³/mol. The summed E-state index contributed by atoms with van der Waals surface area (Å²) in [6.07, 6.45) is 0. The number of nitrogens with one attached hydrogen (secondary N) is 3. The maximum atomic E-state index is 11.7. The summed E-state index contributed by atoms with van der Waals surface area (Å²) in [5.41, 5.74) is 0.888. The summed E-state index contributed by atoms with van der Waals surface area (Å²) < 4.78 is 5.15. The van der Waals surface area contributed by atoms with Crippen LogP contribution in [-0.2, 0) is 11.3 Å². The van der Waals surface area contributed by atoms with Gasteiger partial charge >= 0.3 is 0 Å². The lowest BCUT2D eigenvalue weighted by atomic mass is 10.2. The summed E-state index contributed by atoms with van der Waals surface area (Å²) in [4.78, 5) is 22.1. The highest BCUT2D eigenvalue weighted by molar-refractivity contribution is 5.86. The minimum Gasteiger partial charge on any atom is -0.497 e. The first kappa shape index (κ1) is 19.2. The van der Waals surface area contributed by atoms with E-state index < -0.39 is 0 Å². The van der Waals surface area contributed by atoms with Gasteiger partial charge in [-0.1, -0.05) is 0 Å². The molecule has 140 valence electrons. The minimum atomic E-state index is -0.0305. The topological polar surface area (TPSA) is 108 Å². The predicted octanol–water partition coefficient (Wildman–Crippen LogP) is 0.624. The quantitative estimate of drug-likeness (QED) is 0.494. The van der Waals surface area contributed by atoms with E-state index in [2.05, 4.69) is 30.8 Å². The van der Waals surface area contributed by atoms with Crippen LogP contribution in [0.15, 0.2) is 29.3 Å². The molecule has 0 radical (unpaired) electrons. The molecule has 0 unspecified atom stereocenters. The van der Waals surface area contributed by atoms with Crippen LogP contribution in [0.3, 0.4) is 0 Å². The van der Waals surface area contributed by atoms with Gasteiger partial charge in [0.2, 0.25) is 5.91 Å². The van der Waals surface area contributed by atoms with Crippen molar-refractivity contribution >= 4 is 11.9 Å². The molecule has 0 atom stereocenters. The van der Waals surface area contributed by atoms with E-state index in [1.807, 2.05) is 31.2 Å². The van der Waals surface area contributed by atoms with E-state index >= 15 is 0 Å². The molecule has 0 saturated carbocycles. The summed E-state index contributed by atoms with van der Waals surface area (Å²) >= 11 is 0. The molecule has 2 aromatic rings. The summed E-state index contributed by atoms with van der Waals surface area (Å²) in [7, 11) is 5.05. The van der Waals surface area contributed by atoms with Crippen molar-refractivity contribution in [1.29, 1.82) is 0 Å². The second kappa shape index (κ2) is 9.40. The number of amides is 1. The number of likely N-dealkylation sites (N-methyl/N-ethyl adjacent to an activating group) is 1. The molecule has 1 heterocycles. The van der Waals surface area contributed by atoms with Crippen LogP contribution in [-0.4, -0.2) is 66.2 Å². The van der Waals surface area contributed by atoms with Crippen molar-refractivity contribution in [3.63, 3.8) is 0 Å². The molecule has 0 aliphatic rings. The second-order valence-corrected chi connectivity index (χ2v) is 5.67. The first-order chi connectivity index (χ1) is 12.5. The Hall–Kier alpha value is -3.10. The minimum absolute atomic E-state index is 0.0305. The average molecular weight is 359 g/mol. The molecule has 1 aromatic heterocycles. The number of nitrogens with zero attached hydrogens (tertiary/aromatic N) is 4. The Kier molecular flexibility index (Phi) is 6.95. The van der Waals surface area contributed by atoms with E-state index in [9.17, 15) is 4.79 Å². The first-order valence-electron chi connectivity index (χ1n) is 8.31.